The van der Waals surface area contributed by atoms with Crippen molar-refractivity contribution >= 4 is 22.5 Å². The molecule has 3 aromatic rings. The van der Waals surface area contributed by atoms with Crippen LogP contribution in [-0.2, 0) is 0 Å². The fourth-order valence-corrected chi connectivity index (χ4v) is 2.24. The molecule has 0 unspecified atom stereocenters. The molecule has 0 saturated heterocycles. The number of rotatable bonds is 2. The van der Waals surface area contributed by atoms with E-state index in [1.54, 1.807) is 31.2 Å². The Bertz CT molecular complexity index is 876. The average molecular weight is 282 g/mol. The summed E-state index contributed by atoms with van der Waals surface area (Å²) in [6.07, 6.45) is 1.44. The van der Waals surface area contributed by atoms with Crippen LogP contribution in [0.25, 0.3) is 10.9 Å². The zero-order valence-corrected chi connectivity index (χ0v) is 11.7. The van der Waals surface area contributed by atoms with Gasteiger partial charge in [0, 0.05) is 16.6 Å². The van der Waals surface area contributed by atoms with E-state index in [4.69, 9.17) is 4.42 Å². The van der Waals surface area contributed by atoms with Gasteiger partial charge < -0.3 is 14.7 Å². The molecule has 2 aromatic heterocycles. The van der Waals surface area contributed by atoms with Crippen molar-refractivity contribution in [3.05, 3.63) is 63.8 Å². The number of carbonyl (C=O) groups is 1. The van der Waals surface area contributed by atoms with E-state index in [1.165, 1.54) is 6.26 Å². The van der Waals surface area contributed by atoms with E-state index in [1.807, 2.05) is 13.0 Å². The van der Waals surface area contributed by atoms with Crippen LogP contribution in [0.1, 0.15) is 21.7 Å². The number of carbonyl (C=O) groups excluding carboxylic acids is 1. The van der Waals surface area contributed by atoms with Gasteiger partial charge in [0.2, 0.25) is 0 Å². The van der Waals surface area contributed by atoms with Crippen molar-refractivity contribution in [2.45, 2.75) is 13.8 Å². The topological polar surface area (TPSA) is 75.1 Å². The van der Waals surface area contributed by atoms with Gasteiger partial charge in [-0.1, -0.05) is 6.07 Å². The number of pyridine rings is 1. The zero-order chi connectivity index (χ0) is 15.0. The van der Waals surface area contributed by atoms with Crippen LogP contribution in [0, 0.1) is 13.8 Å². The van der Waals surface area contributed by atoms with Crippen molar-refractivity contribution in [3.63, 3.8) is 0 Å². The van der Waals surface area contributed by atoms with Crippen LogP contribution in [-0.4, -0.2) is 10.9 Å². The smallest absolute Gasteiger partial charge is 0.291 e. The summed E-state index contributed by atoms with van der Waals surface area (Å²) >= 11 is 0. The summed E-state index contributed by atoms with van der Waals surface area (Å²) in [7, 11) is 0. The quantitative estimate of drug-likeness (QED) is 0.758. The van der Waals surface area contributed by atoms with Crippen molar-refractivity contribution in [3.8, 4) is 0 Å². The van der Waals surface area contributed by atoms with Gasteiger partial charge in [-0.05, 0) is 43.7 Å². The van der Waals surface area contributed by atoms with Crippen LogP contribution in [0.15, 0.2) is 45.8 Å². The van der Waals surface area contributed by atoms with Crippen LogP contribution in [0.3, 0.4) is 0 Å². The number of hydrogen-bond acceptors (Lipinski definition) is 3. The standard InChI is InChI=1S/C16H14N2O3/c1-9-10(2)15(19)18-13-8-11(5-6-12(9)13)17-16(20)14-4-3-7-21-14/h3-8H,1-2H3,(H,17,20)(H,18,19). The molecule has 5 nitrogen and oxygen atoms in total. The summed E-state index contributed by atoms with van der Waals surface area (Å²) < 4.78 is 5.04. The molecule has 0 atom stereocenters. The molecule has 5 heteroatoms. The monoisotopic (exact) mass is 282 g/mol. The molecule has 0 radical (unpaired) electrons. The minimum atomic E-state index is -0.328. The van der Waals surface area contributed by atoms with Crippen molar-refractivity contribution in [2.75, 3.05) is 5.32 Å². The number of amides is 1. The van der Waals surface area contributed by atoms with Gasteiger partial charge in [-0.15, -0.1) is 0 Å². The van der Waals surface area contributed by atoms with Gasteiger partial charge >= 0.3 is 0 Å². The number of benzene rings is 1. The maximum absolute atomic E-state index is 11.9. The second-order valence-corrected chi connectivity index (χ2v) is 4.90. The molecule has 1 aromatic carbocycles. The third kappa shape index (κ3) is 2.33. The summed E-state index contributed by atoms with van der Waals surface area (Å²) in [6.45, 7) is 3.70. The summed E-state index contributed by atoms with van der Waals surface area (Å²) in [6, 6.07) is 8.66. The van der Waals surface area contributed by atoms with Gasteiger partial charge in [0.1, 0.15) is 0 Å². The highest BCUT2D eigenvalue weighted by molar-refractivity contribution is 6.03. The number of fused-ring (bicyclic) bond motifs is 1. The first-order chi connectivity index (χ1) is 10.1. The first-order valence-corrected chi connectivity index (χ1v) is 6.54. The molecule has 0 aliphatic carbocycles. The Morgan fingerprint density at radius 1 is 1.19 bits per heavy atom. The highest BCUT2D eigenvalue weighted by Gasteiger charge is 2.10. The Morgan fingerprint density at radius 3 is 2.71 bits per heavy atom. The zero-order valence-electron chi connectivity index (χ0n) is 11.7. The van der Waals surface area contributed by atoms with Crippen LogP contribution in [0.2, 0.25) is 0 Å². The van der Waals surface area contributed by atoms with Gasteiger partial charge in [-0.3, -0.25) is 9.59 Å². The predicted octanol–water partition coefficient (Wildman–Crippen LogP) is 2.99. The third-order valence-corrected chi connectivity index (χ3v) is 3.58. The van der Waals surface area contributed by atoms with Crippen LogP contribution in [0.4, 0.5) is 5.69 Å². The van der Waals surface area contributed by atoms with Crippen LogP contribution < -0.4 is 10.9 Å². The minimum absolute atomic E-state index is 0.116. The highest BCUT2D eigenvalue weighted by atomic mass is 16.3. The van der Waals surface area contributed by atoms with E-state index < -0.39 is 0 Å². The Kier molecular flexibility index (Phi) is 3.10. The summed E-state index contributed by atoms with van der Waals surface area (Å²) in [5.41, 5.74) is 2.82. The largest absolute Gasteiger partial charge is 0.459 e. The molecular formula is C16H14N2O3. The number of hydrogen-bond donors (Lipinski definition) is 2. The van der Waals surface area contributed by atoms with Gasteiger partial charge in [0.05, 0.1) is 11.8 Å². The lowest BCUT2D eigenvalue weighted by atomic mass is 10.1. The van der Waals surface area contributed by atoms with Gasteiger partial charge in [-0.2, -0.15) is 0 Å². The molecule has 1 amide bonds. The predicted molar refractivity (Wildman–Crippen MR) is 80.7 cm³/mol. The molecule has 3 rings (SSSR count). The Morgan fingerprint density at radius 2 is 2.00 bits per heavy atom. The minimum Gasteiger partial charge on any atom is -0.459 e. The molecule has 0 fully saturated rings. The highest BCUT2D eigenvalue weighted by Crippen LogP contribution is 2.21. The SMILES string of the molecule is Cc1c(C)c2ccc(NC(=O)c3ccco3)cc2[nH]c1=O. The van der Waals surface area contributed by atoms with Crippen molar-refractivity contribution in [2.24, 2.45) is 0 Å². The van der Waals surface area contributed by atoms with E-state index in [0.717, 1.165) is 10.9 Å². The molecule has 21 heavy (non-hydrogen) atoms. The van der Waals surface area contributed by atoms with Crippen LogP contribution >= 0.6 is 0 Å². The number of aryl methyl sites for hydroxylation is 1. The molecular weight excluding hydrogens is 268 g/mol. The fraction of sp³-hybridized carbons (Fsp3) is 0.125. The lowest BCUT2D eigenvalue weighted by Gasteiger charge is -2.08. The second kappa shape index (κ2) is 4.94. The summed E-state index contributed by atoms with van der Waals surface area (Å²) in [5, 5.41) is 3.70. The Hall–Kier alpha value is -2.82. The summed E-state index contributed by atoms with van der Waals surface area (Å²) in [5.74, 6) is -0.0887. The number of furan rings is 1. The summed E-state index contributed by atoms with van der Waals surface area (Å²) in [4.78, 5) is 26.6. The number of anilines is 1. The Balaban J connectivity index is 2.00. The lowest BCUT2D eigenvalue weighted by Crippen LogP contribution is -2.13. The van der Waals surface area contributed by atoms with E-state index in [2.05, 4.69) is 10.3 Å². The maximum atomic E-state index is 11.9. The number of nitrogens with one attached hydrogen (secondary N) is 2. The first kappa shape index (κ1) is 13.2. The van der Waals surface area contributed by atoms with E-state index in [0.29, 0.717) is 16.8 Å². The molecule has 106 valence electrons. The average Bonchev–Trinajstić information content (AvgIpc) is 2.99. The second-order valence-electron chi connectivity index (χ2n) is 4.90. The van der Waals surface area contributed by atoms with Crippen molar-refractivity contribution < 1.29 is 9.21 Å². The van der Waals surface area contributed by atoms with E-state index in [9.17, 15) is 9.59 Å². The van der Waals surface area contributed by atoms with Crippen molar-refractivity contribution in [1.82, 2.24) is 4.98 Å². The molecule has 0 aliphatic rings. The lowest BCUT2D eigenvalue weighted by molar-refractivity contribution is 0.0996. The molecule has 0 spiro atoms. The van der Waals surface area contributed by atoms with Gasteiger partial charge in [-0.25, -0.2) is 0 Å². The number of aromatic nitrogens is 1. The maximum Gasteiger partial charge on any atom is 0.291 e. The van der Waals surface area contributed by atoms with Crippen LogP contribution in [0.5, 0.6) is 0 Å². The third-order valence-electron chi connectivity index (χ3n) is 3.58. The van der Waals surface area contributed by atoms with Gasteiger partial charge in [0.25, 0.3) is 11.5 Å². The molecule has 2 N–H and O–H groups in total. The molecule has 0 saturated carbocycles. The Labute approximate surface area is 120 Å². The molecule has 0 aliphatic heterocycles. The number of H-pyrrole nitrogens is 1. The van der Waals surface area contributed by atoms with Gasteiger partial charge in [0.15, 0.2) is 5.76 Å². The molecule has 2 heterocycles. The first-order valence-electron chi connectivity index (χ1n) is 6.54. The molecule has 0 bridgehead atoms. The van der Waals surface area contributed by atoms with Crippen molar-refractivity contribution in [1.29, 1.82) is 0 Å². The fourth-order valence-electron chi connectivity index (χ4n) is 2.24. The normalized spacial score (nSPS) is 10.8. The number of aromatic amines is 1. The van der Waals surface area contributed by atoms with E-state index >= 15 is 0 Å². The van der Waals surface area contributed by atoms with E-state index in [-0.39, 0.29) is 17.2 Å².